The van der Waals surface area contributed by atoms with Gasteiger partial charge in [-0.3, -0.25) is 4.79 Å². The maximum atomic E-state index is 11.4. The number of carbonyl (C=O) groups excluding carboxylic acids is 1. The molecule has 94 valence electrons. The van der Waals surface area contributed by atoms with Crippen molar-refractivity contribution < 1.29 is 9.53 Å². The predicted molar refractivity (Wildman–Crippen MR) is 71.9 cm³/mol. The predicted octanol–water partition coefficient (Wildman–Crippen LogP) is 4.23. The third kappa shape index (κ3) is 5.80. The number of hydrogen-bond donors (Lipinski definition) is 0. The van der Waals surface area contributed by atoms with Gasteiger partial charge in [-0.05, 0) is 48.0 Å². The van der Waals surface area contributed by atoms with Gasteiger partial charge in [0.2, 0.25) is 0 Å². The number of methoxy groups -OCH3 is 1. The SMILES string of the molecule is CC.COCCCCC1=C(Br)C(=O)CCC1. The number of Topliss-reactive ketones (excluding diaryl/α,β-unsaturated/α-hetero) is 1. The summed E-state index contributed by atoms with van der Waals surface area (Å²) in [7, 11) is 1.72. The Labute approximate surface area is 108 Å². The zero-order valence-corrected chi connectivity index (χ0v) is 12.2. The maximum absolute atomic E-state index is 11.4. The summed E-state index contributed by atoms with van der Waals surface area (Å²) in [5.41, 5.74) is 1.30. The fourth-order valence-electron chi connectivity index (χ4n) is 1.70. The summed E-state index contributed by atoms with van der Waals surface area (Å²) in [6.45, 7) is 4.82. The van der Waals surface area contributed by atoms with Gasteiger partial charge in [-0.1, -0.05) is 19.4 Å². The molecule has 0 spiro atoms. The van der Waals surface area contributed by atoms with Crippen molar-refractivity contribution in [2.24, 2.45) is 0 Å². The molecule has 3 heteroatoms. The lowest BCUT2D eigenvalue weighted by molar-refractivity contribution is -0.115. The van der Waals surface area contributed by atoms with Crippen LogP contribution in [0.2, 0.25) is 0 Å². The van der Waals surface area contributed by atoms with Gasteiger partial charge in [0.05, 0.1) is 4.48 Å². The normalized spacial score (nSPS) is 15.9. The molecule has 16 heavy (non-hydrogen) atoms. The molecule has 1 aliphatic carbocycles. The standard InChI is InChI=1S/C11H17BrO2.C2H6/c1-14-8-3-2-5-9-6-4-7-10(13)11(9)12;1-2/h2-8H2,1H3;1-2H3. The molecule has 0 bridgehead atoms. The summed E-state index contributed by atoms with van der Waals surface area (Å²) in [5.74, 6) is 0.276. The summed E-state index contributed by atoms with van der Waals surface area (Å²) >= 11 is 3.39. The van der Waals surface area contributed by atoms with E-state index >= 15 is 0 Å². The minimum absolute atomic E-state index is 0.276. The van der Waals surface area contributed by atoms with Gasteiger partial charge in [-0.15, -0.1) is 0 Å². The molecule has 0 aromatic carbocycles. The van der Waals surface area contributed by atoms with Crippen LogP contribution < -0.4 is 0 Å². The molecular formula is C13H23BrO2. The smallest absolute Gasteiger partial charge is 0.169 e. The molecule has 0 heterocycles. The first-order valence-electron chi connectivity index (χ1n) is 6.15. The maximum Gasteiger partial charge on any atom is 0.169 e. The van der Waals surface area contributed by atoms with Gasteiger partial charge >= 0.3 is 0 Å². The van der Waals surface area contributed by atoms with Gasteiger partial charge in [0.25, 0.3) is 0 Å². The second-order valence-corrected chi connectivity index (χ2v) is 4.44. The van der Waals surface area contributed by atoms with Gasteiger partial charge in [0.1, 0.15) is 0 Å². The average Bonchev–Trinajstić information content (AvgIpc) is 2.32. The van der Waals surface area contributed by atoms with Crippen LogP contribution in [0.3, 0.4) is 0 Å². The van der Waals surface area contributed by atoms with Crippen molar-refractivity contribution in [3.8, 4) is 0 Å². The number of rotatable bonds is 5. The largest absolute Gasteiger partial charge is 0.385 e. The molecule has 0 unspecified atom stereocenters. The second-order valence-electron chi connectivity index (χ2n) is 3.64. The zero-order valence-electron chi connectivity index (χ0n) is 10.6. The van der Waals surface area contributed by atoms with Crippen molar-refractivity contribution >= 4 is 21.7 Å². The molecule has 0 saturated carbocycles. The number of allylic oxidation sites excluding steroid dienone is 2. The highest BCUT2D eigenvalue weighted by atomic mass is 79.9. The number of unbranched alkanes of at least 4 members (excludes halogenated alkanes) is 1. The fourth-order valence-corrected chi connectivity index (χ4v) is 2.29. The van der Waals surface area contributed by atoms with Crippen molar-refractivity contribution in [2.45, 2.75) is 52.4 Å². The highest BCUT2D eigenvalue weighted by Crippen LogP contribution is 2.29. The van der Waals surface area contributed by atoms with Gasteiger partial charge in [0, 0.05) is 20.1 Å². The molecule has 0 atom stereocenters. The Morgan fingerprint density at radius 2 is 1.94 bits per heavy atom. The summed E-state index contributed by atoms with van der Waals surface area (Å²) in [6.07, 6.45) is 6.05. The van der Waals surface area contributed by atoms with E-state index in [4.69, 9.17) is 4.74 Å². The lowest BCUT2D eigenvalue weighted by Gasteiger charge is -2.15. The number of carbonyl (C=O) groups is 1. The molecule has 0 aromatic heterocycles. The quantitative estimate of drug-likeness (QED) is 0.708. The first-order valence-corrected chi connectivity index (χ1v) is 6.94. The van der Waals surface area contributed by atoms with Crippen LogP contribution >= 0.6 is 15.9 Å². The van der Waals surface area contributed by atoms with Gasteiger partial charge in [-0.2, -0.15) is 0 Å². The molecule has 0 amide bonds. The molecule has 2 nitrogen and oxygen atoms in total. The Morgan fingerprint density at radius 1 is 1.25 bits per heavy atom. The average molecular weight is 291 g/mol. The zero-order chi connectivity index (χ0) is 12.4. The van der Waals surface area contributed by atoms with E-state index in [9.17, 15) is 4.79 Å². The Kier molecular flexibility index (Phi) is 9.94. The summed E-state index contributed by atoms with van der Waals surface area (Å²) in [4.78, 5) is 11.4. The van der Waals surface area contributed by atoms with E-state index in [1.54, 1.807) is 7.11 Å². The Balaban J connectivity index is 0.00000106. The molecule has 1 aliphatic rings. The van der Waals surface area contributed by atoms with E-state index in [-0.39, 0.29) is 5.78 Å². The van der Waals surface area contributed by atoms with Crippen molar-refractivity contribution in [1.82, 2.24) is 0 Å². The molecule has 0 fully saturated rings. The van der Waals surface area contributed by atoms with Crippen LogP contribution in [0.4, 0.5) is 0 Å². The molecular weight excluding hydrogens is 268 g/mol. The first kappa shape index (κ1) is 15.9. The number of ketones is 1. The number of hydrogen-bond acceptors (Lipinski definition) is 2. The van der Waals surface area contributed by atoms with Crippen molar-refractivity contribution in [3.63, 3.8) is 0 Å². The molecule has 0 N–H and O–H groups in total. The Morgan fingerprint density at radius 3 is 2.56 bits per heavy atom. The third-order valence-electron chi connectivity index (χ3n) is 2.51. The Bertz CT molecular complexity index is 234. The molecule has 0 aromatic rings. The van der Waals surface area contributed by atoms with Gasteiger partial charge in [0.15, 0.2) is 5.78 Å². The van der Waals surface area contributed by atoms with Crippen molar-refractivity contribution in [1.29, 1.82) is 0 Å². The van der Waals surface area contributed by atoms with Crippen LogP contribution in [-0.2, 0) is 9.53 Å². The summed E-state index contributed by atoms with van der Waals surface area (Å²) < 4.78 is 5.83. The first-order chi connectivity index (χ1) is 7.75. The summed E-state index contributed by atoms with van der Waals surface area (Å²) in [6, 6.07) is 0. The van der Waals surface area contributed by atoms with Crippen molar-refractivity contribution in [2.75, 3.05) is 13.7 Å². The van der Waals surface area contributed by atoms with Crippen LogP contribution in [0, 0.1) is 0 Å². The molecule has 0 aliphatic heterocycles. The van der Waals surface area contributed by atoms with Gasteiger partial charge in [-0.25, -0.2) is 0 Å². The second kappa shape index (κ2) is 10.0. The fraction of sp³-hybridized carbons (Fsp3) is 0.769. The van der Waals surface area contributed by atoms with Crippen LogP contribution in [0.25, 0.3) is 0 Å². The van der Waals surface area contributed by atoms with E-state index in [0.29, 0.717) is 6.42 Å². The van der Waals surface area contributed by atoms with Gasteiger partial charge < -0.3 is 4.74 Å². The van der Waals surface area contributed by atoms with Crippen LogP contribution in [0.15, 0.2) is 10.1 Å². The molecule has 1 rings (SSSR count). The van der Waals surface area contributed by atoms with Crippen LogP contribution in [0.1, 0.15) is 52.4 Å². The van der Waals surface area contributed by atoms with Crippen LogP contribution in [0.5, 0.6) is 0 Å². The molecule has 0 radical (unpaired) electrons. The van der Waals surface area contributed by atoms with E-state index < -0.39 is 0 Å². The lowest BCUT2D eigenvalue weighted by atomic mass is 9.95. The lowest BCUT2D eigenvalue weighted by Crippen LogP contribution is -2.07. The van der Waals surface area contributed by atoms with E-state index in [1.165, 1.54) is 5.57 Å². The summed E-state index contributed by atoms with van der Waals surface area (Å²) in [5, 5.41) is 0. The minimum atomic E-state index is 0.276. The monoisotopic (exact) mass is 290 g/mol. The third-order valence-corrected chi connectivity index (χ3v) is 3.52. The molecule has 0 saturated heterocycles. The minimum Gasteiger partial charge on any atom is -0.385 e. The van der Waals surface area contributed by atoms with E-state index in [1.807, 2.05) is 13.8 Å². The number of halogens is 1. The van der Waals surface area contributed by atoms with E-state index in [0.717, 1.165) is 43.2 Å². The van der Waals surface area contributed by atoms with Crippen LogP contribution in [-0.4, -0.2) is 19.5 Å². The number of ether oxygens (including phenoxy) is 1. The topological polar surface area (TPSA) is 26.3 Å². The van der Waals surface area contributed by atoms with Crippen molar-refractivity contribution in [3.05, 3.63) is 10.1 Å². The highest BCUT2D eigenvalue weighted by molar-refractivity contribution is 9.12. The highest BCUT2D eigenvalue weighted by Gasteiger charge is 2.17. The Hall–Kier alpha value is -0.150. The van der Waals surface area contributed by atoms with E-state index in [2.05, 4.69) is 15.9 Å².